The highest BCUT2D eigenvalue weighted by Gasteiger charge is 2.08. The van der Waals surface area contributed by atoms with Gasteiger partial charge in [0.05, 0.1) is 0 Å². The van der Waals surface area contributed by atoms with E-state index in [9.17, 15) is 0 Å². The third-order valence-corrected chi connectivity index (χ3v) is 1.98. The van der Waals surface area contributed by atoms with Crippen molar-refractivity contribution in [1.82, 2.24) is 10.2 Å². The average Bonchev–Trinajstić information content (AvgIpc) is 2.03. The van der Waals surface area contributed by atoms with Crippen LogP contribution in [0.5, 0.6) is 0 Å². The first-order valence-corrected chi connectivity index (χ1v) is 4.06. The molecule has 0 fully saturated rings. The summed E-state index contributed by atoms with van der Waals surface area (Å²) in [6.07, 6.45) is 9.70. The molecule has 0 aliphatic carbocycles. The van der Waals surface area contributed by atoms with Crippen molar-refractivity contribution in [3.8, 4) is 0 Å². The van der Waals surface area contributed by atoms with Crippen LogP contribution >= 0.6 is 0 Å². The molecule has 1 aliphatic rings. The lowest BCUT2D eigenvalue weighted by atomic mass is 10.1. The average molecular weight is 152 g/mol. The molecule has 62 valence electrons. The second-order valence-electron chi connectivity index (χ2n) is 2.85. The molecular weight excluding hydrogens is 136 g/mol. The van der Waals surface area contributed by atoms with Crippen LogP contribution in [0.4, 0.5) is 0 Å². The molecule has 0 aromatic rings. The lowest BCUT2D eigenvalue weighted by molar-refractivity contribution is 0.359. The van der Waals surface area contributed by atoms with E-state index in [0.717, 1.165) is 6.54 Å². The maximum Gasteiger partial charge on any atom is 0.0479 e. The number of allylic oxidation sites excluding steroid dienone is 2. The molecule has 1 aliphatic heterocycles. The van der Waals surface area contributed by atoms with E-state index in [2.05, 4.69) is 41.7 Å². The van der Waals surface area contributed by atoms with Gasteiger partial charge in [0.25, 0.3) is 0 Å². The second kappa shape index (κ2) is 4.19. The fourth-order valence-electron chi connectivity index (χ4n) is 1.22. The summed E-state index contributed by atoms with van der Waals surface area (Å²) in [7, 11) is 4.10. The van der Waals surface area contributed by atoms with E-state index in [-0.39, 0.29) is 0 Å². The van der Waals surface area contributed by atoms with Crippen LogP contribution in [0.2, 0.25) is 0 Å². The molecule has 1 heterocycles. The van der Waals surface area contributed by atoms with Crippen LogP contribution in [0.1, 0.15) is 6.42 Å². The molecule has 0 aromatic carbocycles. The van der Waals surface area contributed by atoms with E-state index in [4.69, 9.17) is 0 Å². The smallest absolute Gasteiger partial charge is 0.0479 e. The van der Waals surface area contributed by atoms with E-state index in [1.165, 1.54) is 6.42 Å². The zero-order chi connectivity index (χ0) is 8.10. The summed E-state index contributed by atoms with van der Waals surface area (Å²) in [4.78, 5) is 2.23. The summed E-state index contributed by atoms with van der Waals surface area (Å²) >= 11 is 0. The Morgan fingerprint density at radius 1 is 1.45 bits per heavy atom. The SMILES string of the molecule is CNCCC1C=CC=CN1C. The van der Waals surface area contributed by atoms with Crippen molar-refractivity contribution in [2.45, 2.75) is 12.5 Å². The van der Waals surface area contributed by atoms with Gasteiger partial charge in [-0.3, -0.25) is 0 Å². The van der Waals surface area contributed by atoms with E-state index < -0.39 is 0 Å². The molecule has 0 saturated heterocycles. The summed E-state index contributed by atoms with van der Waals surface area (Å²) < 4.78 is 0. The summed E-state index contributed by atoms with van der Waals surface area (Å²) in [5.41, 5.74) is 0. The molecule has 0 aromatic heterocycles. The Morgan fingerprint density at radius 3 is 2.91 bits per heavy atom. The number of nitrogens with zero attached hydrogens (tertiary/aromatic N) is 1. The fourth-order valence-corrected chi connectivity index (χ4v) is 1.22. The number of likely N-dealkylation sites (N-methyl/N-ethyl adjacent to an activating group) is 1. The van der Waals surface area contributed by atoms with Crippen LogP contribution in [0.25, 0.3) is 0 Å². The summed E-state index contributed by atoms with van der Waals surface area (Å²) in [6, 6.07) is 0.576. The first-order chi connectivity index (χ1) is 5.34. The van der Waals surface area contributed by atoms with Gasteiger partial charge in [0.1, 0.15) is 0 Å². The Labute approximate surface area is 68.6 Å². The summed E-state index contributed by atoms with van der Waals surface area (Å²) in [5.74, 6) is 0. The molecule has 0 saturated carbocycles. The van der Waals surface area contributed by atoms with Crippen molar-refractivity contribution in [2.24, 2.45) is 0 Å². The van der Waals surface area contributed by atoms with E-state index >= 15 is 0 Å². The maximum atomic E-state index is 3.15. The van der Waals surface area contributed by atoms with Crippen molar-refractivity contribution in [1.29, 1.82) is 0 Å². The number of nitrogens with one attached hydrogen (secondary N) is 1. The van der Waals surface area contributed by atoms with Gasteiger partial charge >= 0.3 is 0 Å². The van der Waals surface area contributed by atoms with Crippen molar-refractivity contribution >= 4 is 0 Å². The molecule has 0 radical (unpaired) electrons. The van der Waals surface area contributed by atoms with Crippen LogP contribution in [-0.4, -0.2) is 31.6 Å². The topological polar surface area (TPSA) is 15.3 Å². The normalized spacial score (nSPS) is 22.7. The molecular formula is C9H16N2. The van der Waals surface area contributed by atoms with Crippen LogP contribution < -0.4 is 5.32 Å². The maximum absolute atomic E-state index is 3.15. The van der Waals surface area contributed by atoms with Crippen LogP contribution in [-0.2, 0) is 0 Å². The zero-order valence-electron chi connectivity index (χ0n) is 7.25. The first kappa shape index (κ1) is 8.34. The Balaban J connectivity index is 2.33. The Kier molecular flexibility index (Phi) is 3.17. The minimum Gasteiger partial charge on any atom is -0.374 e. The highest BCUT2D eigenvalue weighted by Crippen LogP contribution is 2.07. The van der Waals surface area contributed by atoms with Crippen molar-refractivity contribution in [3.63, 3.8) is 0 Å². The van der Waals surface area contributed by atoms with Crippen molar-refractivity contribution in [3.05, 3.63) is 24.4 Å². The number of rotatable bonds is 3. The van der Waals surface area contributed by atoms with E-state index in [1.807, 2.05) is 7.05 Å². The number of hydrogen-bond acceptors (Lipinski definition) is 2. The van der Waals surface area contributed by atoms with Gasteiger partial charge in [-0.2, -0.15) is 0 Å². The molecule has 2 nitrogen and oxygen atoms in total. The lowest BCUT2D eigenvalue weighted by Crippen LogP contribution is -2.29. The van der Waals surface area contributed by atoms with Gasteiger partial charge in [-0.15, -0.1) is 0 Å². The van der Waals surface area contributed by atoms with Gasteiger partial charge < -0.3 is 10.2 Å². The predicted molar refractivity (Wildman–Crippen MR) is 48.4 cm³/mol. The summed E-state index contributed by atoms with van der Waals surface area (Å²) in [5, 5.41) is 3.15. The third-order valence-electron chi connectivity index (χ3n) is 1.98. The van der Waals surface area contributed by atoms with Crippen LogP contribution in [0.15, 0.2) is 24.4 Å². The molecule has 1 unspecified atom stereocenters. The number of hydrogen-bond donors (Lipinski definition) is 1. The lowest BCUT2D eigenvalue weighted by Gasteiger charge is -2.25. The van der Waals surface area contributed by atoms with E-state index in [0.29, 0.717) is 6.04 Å². The molecule has 2 heteroatoms. The molecule has 1 rings (SSSR count). The molecule has 11 heavy (non-hydrogen) atoms. The Hall–Kier alpha value is -0.760. The van der Waals surface area contributed by atoms with Gasteiger partial charge in [-0.05, 0) is 32.3 Å². The largest absolute Gasteiger partial charge is 0.374 e. The van der Waals surface area contributed by atoms with Crippen molar-refractivity contribution in [2.75, 3.05) is 20.6 Å². The second-order valence-corrected chi connectivity index (χ2v) is 2.85. The molecule has 1 N–H and O–H groups in total. The van der Waals surface area contributed by atoms with Gasteiger partial charge in [-0.1, -0.05) is 12.2 Å². The van der Waals surface area contributed by atoms with Gasteiger partial charge in [-0.25, -0.2) is 0 Å². The molecule has 0 bridgehead atoms. The van der Waals surface area contributed by atoms with Crippen LogP contribution in [0, 0.1) is 0 Å². The van der Waals surface area contributed by atoms with E-state index in [1.54, 1.807) is 0 Å². The predicted octanol–water partition coefficient (Wildman–Crippen LogP) is 0.980. The fraction of sp³-hybridized carbons (Fsp3) is 0.556. The van der Waals surface area contributed by atoms with Crippen LogP contribution in [0.3, 0.4) is 0 Å². The standard InChI is InChI=1S/C9H16N2/c1-10-7-6-9-5-3-4-8-11(9)2/h3-5,8-10H,6-7H2,1-2H3. The molecule has 1 atom stereocenters. The first-order valence-electron chi connectivity index (χ1n) is 4.06. The Bertz CT molecular complexity index is 161. The monoisotopic (exact) mass is 152 g/mol. The van der Waals surface area contributed by atoms with Gasteiger partial charge in [0.15, 0.2) is 0 Å². The third kappa shape index (κ3) is 2.39. The Morgan fingerprint density at radius 2 is 2.27 bits per heavy atom. The minimum atomic E-state index is 0.576. The molecule has 0 amide bonds. The zero-order valence-corrected chi connectivity index (χ0v) is 7.25. The highest BCUT2D eigenvalue weighted by atomic mass is 15.1. The van der Waals surface area contributed by atoms with Gasteiger partial charge in [0, 0.05) is 13.1 Å². The molecule has 0 spiro atoms. The van der Waals surface area contributed by atoms with Crippen molar-refractivity contribution < 1.29 is 0 Å². The van der Waals surface area contributed by atoms with Gasteiger partial charge in [0.2, 0.25) is 0 Å². The summed E-state index contributed by atoms with van der Waals surface area (Å²) in [6.45, 7) is 1.08. The highest BCUT2D eigenvalue weighted by molar-refractivity contribution is 5.12. The minimum absolute atomic E-state index is 0.576. The quantitative estimate of drug-likeness (QED) is 0.648.